The predicted octanol–water partition coefficient (Wildman–Crippen LogP) is 3.63. The van der Waals surface area contributed by atoms with E-state index in [4.69, 9.17) is 0 Å². The Kier molecular flexibility index (Phi) is 3.96. The molecular formula is C18H17NO2S. The Balaban J connectivity index is 1.90. The monoisotopic (exact) mass is 311 g/mol. The molecule has 4 heteroatoms. The van der Waals surface area contributed by atoms with Crippen LogP contribution < -0.4 is 4.72 Å². The molecule has 1 N–H and O–H groups in total. The molecule has 0 fully saturated rings. The van der Waals surface area contributed by atoms with Crippen LogP contribution in [0.4, 0.5) is 0 Å². The molecule has 0 aliphatic rings. The van der Waals surface area contributed by atoms with Gasteiger partial charge in [0.25, 0.3) is 0 Å². The Hall–Kier alpha value is -2.17. The maximum Gasteiger partial charge on any atom is 0.241 e. The van der Waals surface area contributed by atoms with E-state index in [1.165, 1.54) is 0 Å². The van der Waals surface area contributed by atoms with E-state index in [2.05, 4.69) is 4.72 Å². The molecule has 0 radical (unpaired) electrons. The number of aryl methyl sites for hydroxylation is 1. The normalized spacial score (nSPS) is 11.7. The molecule has 112 valence electrons. The number of rotatable bonds is 4. The van der Waals surface area contributed by atoms with Gasteiger partial charge in [0.1, 0.15) is 0 Å². The van der Waals surface area contributed by atoms with Crippen molar-refractivity contribution in [1.29, 1.82) is 0 Å². The molecule has 0 unspecified atom stereocenters. The summed E-state index contributed by atoms with van der Waals surface area (Å²) < 4.78 is 27.8. The molecule has 0 aromatic heterocycles. The van der Waals surface area contributed by atoms with Crippen LogP contribution in [0.1, 0.15) is 11.1 Å². The van der Waals surface area contributed by atoms with E-state index in [9.17, 15) is 8.42 Å². The number of benzene rings is 3. The minimum absolute atomic E-state index is 0.284. The fraction of sp³-hybridized carbons (Fsp3) is 0.111. The summed E-state index contributed by atoms with van der Waals surface area (Å²) in [5.41, 5.74) is 2.09. The summed E-state index contributed by atoms with van der Waals surface area (Å²) in [6.07, 6.45) is 0. The quantitative estimate of drug-likeness (QED) is 0.800. The minimum Gasteiger partial charge on any atom is -0.207 e. The molecule has 0 amide bonds. The van der Waals surface area contributed by atoms with E-state index < -0.39 is 10.0 Å². The average Bonchev–Trinajstić information content (AvgIpc) is 2.54. The van der Waals surface area contributed by atoms with Crippen LogP contribution in [0.3, 0.4) is 0 Å². The molecule has 0 saturated carbocycles. The van der Waals surface area contributed by atoms with Crippen LogP contribution in [0.2, 0.25) is 0 Å². The summed E-state index contributed by atoms with van der Waals surface area (Å²) in [5, 5.41) is 1.65. The number of hydrogen-bond donors (Lipinski definition) is 1. The zero-order valence-corrected chi connectivity index (χ0v) is 13.1. The summed E-state index contributed by atoms with van der Waals surface area (Å²) in [6, 6.07) is 20.6. The second-order valence-electron chi connectivity index (χ2n) is 5.29. The first-order chi connectivity index (χ1) is 10.6. The maximum atomic E-state index is 12.6. The van der Waals surface area contributed by atoms with Gasteiger partial charge in [0.2, 0.25) is 10.0 Å². The topological polar surface area (TPSA) is 46.2 Å². The van der Waals surface area contributed by atoms with Crippen molar-refractivity contribution in [3.05, 3.63) is 77.9 Å². The Labute approximate surface area is 130 Å². The van der Waals surface area contributed by atoms with Gasteiger partial charge in [-0.2, -0.15) is 0 Å². The van der Waals surface area contributed by atoms with Crippen molar-refractivity contribution in [2.45, 2.75) is 18.4 Å². The Bertz CT molecular complexity index is 895. The third kappa shape index (κ3) is 3.03. The molecule has 3 rings (SSSR count). The smallest absolute Gasteiger partial charge is 0.207 e. The summed E-state index contributed by atoms with van der Waals surface area (Å²) in [4.78, 5) is 0.317. The van der Waals surface area contributed by atoms with Gasteiger partial charge in [0, 0.05) is 11.9 Å². The highest BCUT2D eigenvalue weighted by Crippen LogP contribution is 2.22. The molecule has 0 atom stereocenters. The highest BCUT2D eigenvalue weighted by molar-refractivity contribution is 7.89. The van der Waals surface area contributed by atoms with E-state index in [1.54, 1.807) is 12.1 Å². The van der Waals surface area contributed by atoms with Gasteiger partial charge < -0.3 is 0 Å². The van der Waals surface area contributed by atoms with Gasteiger partial charge in [-0.25, -0.2) is 13.1 Å². The summed E-state index contributed by atoms with van der Waals surface area (Å²) in [7, 11) is -3.55. The molecular weight excluding hydrogens is 294 g/mol. The first-order valence-corrected chi connectivity index (χ1v) is 8.57. The number of nitrogens with one attached hydrogen (secondary N) is 1. The summed E-state index contributed by atoms with van der Waals surface area (Å²) >= 11 is 0. The number of fused-ring (bicyclic) bond motifs is 1. The SMILES string of the molecule is Cc1ccc(CNS(=O)(=O)c2cccc3ccccc23)cc1. The van der Waals surface area contributed by atoms with Gasteiger partial charge in [-0.3, -0.25) is 0 Å². The van der Waals surface area contributed by atoms with Gasteiger partial charge in [0.05, 0.1) is 4.90 Å². The fourth-order valence-corrected chi connectivity index (χ4v) is 3.64. The van der Waals surface area contributed by atoms with Gasteiger partial charge in [-0.05, 0) is 23.9 Å². The van der Waals surface area contributed by atoms with Crippen LogP contribution in [0, 0.1) is 6.92 Å². The lowest BCUT2D eigenvalue weighted by molar-refractivity contribution is 0.582. The van der Waals surface area contributed by atoms with Crippen LogP contribution in [0.25, 0.3) is 10.8 Å². The van der Waals surface area contributed by atoms with Crippen LogP contribution in [-0.4, -0.2) is 8.42 Å². The van der Waals surface area contributed by atoms with Crippen molar-refractivity contribution in [2.75, 3.05) is 0 Å². The highest BCUT2D eigenvalue weighted by Gasteiger charge is 2.16. The maximum absolute atomic E-state index is 12.6. The van der Waals surface area contributed by atoms with Crippen molar-refractivity contribution < 1.29 is 8.42 Å². The summed E-state index contributed by atoms with van der Waals surface area (Å²) in [5.74, 6) is 0. The Morgan fingerprint density at radius 3 is 2.32 bits per heavy atom. The Morgan fingerprint density at radius 1 is 0.864 bits per heavy atom. The molecule has 22 heavy (non-hydrogen) atoms. The molecule has 3 aromatic rings. The van der Waals surface area contributed by atoms with Crippen LogP contribution in [-0.2, 0) is 16.6 Å². The van der Waals surface area contributed by atoms with Crippen LogP contribution in [0.15, 0.2) is 71.6 Å². The summed E-state index contributed by atoms with van der Waals surface area (Å²) in [6.45, 7) is 2.29. The molecule has 0 saturated heterocycles. The van der Waals surface area contributed by atoms with E-state index in [0.29, 0.717) is 4.90 Å². The standard InChI is InChI=1S/C18H17NO2S/c1-14-9-11-15(12-10-14)13-19-22(20,21)18-8-4-6-16-5-2-3-7-17(16)18/h2-12,19H,13H2,1H3. The zero-order chi connectivity index (χ0) is 15.6. The lowest BCUT2D eigenvalue weighted by atomic mass is 10.1. The molecule has 0 heterocycles. The van der Waals surface area contributed by atoms with Crippen molar-refractivity contribution >= 4 is 20.8 Å². The molecule has 3 aromatic carbocycles. The van der Waals surface area contributed by atoms with Crippen molar-refractivity contribution in [2.24, 2.45) is 0 Å². The zero-order valence-electron chi connectivity index (χ0n) is 12.3. The van der Waals surface area contributed by atoms with Crippen LogP contribution in [0.5, 0.6) is 0 Å². The second-order valence-corrected chi connectivity index (χ2v) is 7.02. The lowest BCUT2D eigenvalue weighted by Gasteiger charge is -2.10. The van der Waals surface area contributed by atoms with Crippen LogP contribution >= 0.6 is 0 Å². The molecule has 0 aliphatic carbocycles. The van der Waals surface area contributed by atoms with E-state index >= 15 is 0 Å². The molecule has 0 spiro atoms. The lowest BCUT2D eigenvalue weighted by Crippen LogP contribution is -2.23. The highest BCUT2D eigenvalue weighted by atomic mass is 32.2. The van der Waals surface area contributed by atoms with Gasteiger partial charge in [-0.1, -0.05) is 66.2 Å². The second kappa shape index (κ2) is 5.91. The minimum atomic E-state index is -3.55. The van der Waals surface area contributed by atoms with E-state index in [1.807, 2.05) is 61.5 Å². The first kappa shape index (κ1) is 14.8. The van der Waals surface area contributed by atoms with Gasteiger partial charge in [0.15, 0.2) is 0 Å². The third-order valence-corrected chi connectivity index (χ3v) is 5.09. The number of sulfonamides is 1. The largest absolute Gasteiger partial charge is 0.241 e. The fourth-order valence-electron chi connectivity index (χ4n) is 2.39. The molecule has 0 bridgehead atoms. The van der Waals surface area contributed by atoms with Crippen molar-refractivity contribution in [3.63, 3.8) is 0 Å². The third-order valence-electron chi connectivity index (χ3n) is 3.63. The van der Waals surface area contributed by atoms with Crippen molar-refractivity contribution in [1.82, 2.24) is 4.72 Å². The van der Waals surface area contributed by atoms with E-state index in [0.717, 1.165) is 21.9 Å². The van der Waals surface area contributed by atoms with E-state index in [-0.39, 0.29) is 6.54 Å². The average molecular weight is 311 g/mol. The molecule has 0 aliphatic heterocycles. The van der Waals surface area contributed by atoms with Gasteiger partial charge in [-0.15, -0.1) is 0 Å². The predicted molar refractivity (Wildman–Crippen MR) is 89.2 cm³/mol. The molecule has 3 nitrogen and oxygen atoms in total. The Morgan fingerprint density at radius 2 is 1.55 bits per heavy atom. The number of hydrogen-bond acceptors (Lipinski definition) is 2. The van der Waals surface area contributed by atoms with Gasteiger partial charge >= 0.3 is 0 Å². The van der Waals surface area contributed by atoms with Crippen molar-refractivity contribution in [3.8, 4) is 0 Å². The first-order valence-electron chi connectivity index (χ1n) is 7.09.